The molecule has 2 atom stereocenters. The summed E-state index contributed by atoms with van der Waals surface area (Å²) in [7, 11) is 0. The quantitative estimate of drug-likeness (QED) is 0.625. The maximum atomic E-state index is 5.62. The van der Waals surface area contributed by atoms with Gasteiger partial charge in [0.15, 0.2) is 0 Å². The van der Waals surface area contributed by atoms with E-state index in [2.05, 4.69) is 17.7 Å². The summed E-state index contributed by atoms with van der Waals surface area (Å²) in [4.78, 5) is 2.44. The molecule has 0 spiro atoms. The lowest BCUT2D eigenvalue weighted by Crippen LogP contribution is -2.28. The molecule has 0 aromatic rings. The summed E-state index contributed by atoms with van der Waals surface area (Å²) >= 11 is 0. The Morgan fingerprint density at radius 1 is 1.67 bits per heavy atom. The van der Waals surface area contributed by atoms with Crippen LogP contribution in [0.25, 0.3) is 0 Å². The Balaban J connectivity index is 2.31. The summed E-state index contributed by atoms with van der Waals surface area (Å²) in [6.45, 7) is 5.25. The highest BCUT2D eigenvalue weighted by Crippen LogP contribution is 2.21. The first-order valence-corrected chi connectivity index (χ1v) is 4.65. The topological polar surface area (TPSA) is 29.3 Å². The molecule has 68 valence electrons. The molecule has 2 unspecified atom stereocenters. The molecule has 0 aliphatic carbocycles. The molecular weight excluding hydrogens is 148 g/mol. The molecule has 0 aromatic carbocycles. The van der Waals surface area contributed by atoms with Gasteiger partial charge < -0.3 is 5.73 Å². The van der Waals surface area contributed by atoms with E-state index in [4.69, 9.17) is 12.2 Å². The van der Waals surface area contributed by atoms with Gasteiger partial charge >= 0.3 is 0 Å². The first-order chi connectivity index (χ1) is 5.77. The summed E-state index contributed by atoms with van der Waals surface area (Å²) in [5, 5.41) is 0. The average Bonchev–Trinajstić information content (AvgIpc) is 2.43. The molecule has 1 heterocycles. The lowest BCUT2D eigenvalue weighted by Gasteiger charge is -2.19. The van der Waals surface area contributed by atoms with Crippen molar-refractivity contribution in [3.05, 3.63) is 0 Å². The van der Waals surface area contributed by atoms with Gasteiger partial charge in [0.05, 0.1) is 0 Å². The highest BCUT2D eigenvalue weighted by Gasteiger charge is 2.26. The van der Waals surface area contributed by atoms with Crippen molar-refractivity contribution < 1.29 is 0 Å². The fourth-order valence-corrected chi connectivity index (χ4v) is 1.91. The molecule has 2 heteroatoms. The number of hydrogen-bond donors (Lipinski definition) is 1. The molecule has 0 bridgehead atoms. The number of hydrogen-bond acceptors (Lipinski definition) is 2. The van der Waals surface area contributed by atoms with Crippen molar-refractivity contribution in [3.8, 4) is 12.3 Å². The van der Waals surface area contributed by atoms with Gasteiger partial charge in [-0.1, -0.05) is 0 Å². The molecular formula is C10H18N2. The predicted molar refractivity (Wildman–Crippen MR) is 51.6 cm³/mol. The summed E-state index contributed by atoms with van der Waals surface area (Å²) < 4.78 is 0. The van der Waals surface area contributed by atoms with E-state index in [0.717, 1.165) is 26.1 Å². The maximum absolute atomic E-state index is 5.62. The van der Waals surface area contributed by atoms with Crippen LogP contribution in [0.15, 0.2) is 0 Å². The van der Waals surface area contributed by atoms with Crippen molar-refractivity contribution in [2.75, 3.05) is 19.6 Å². The Bertz CT molecular complexity index is 171. The van der Waals surface area contributed by atoms with Gasteiger partial charge in [0, 0.05) is 25.6 Å². The van der Waals surface area contributed by atoms with Crippen LogP contribution in [0.4, 0.5) is 0 Å². The van der Waals surface area contributed by atoms with Crippen LogP contribution in [0.3, 0.4) is 0 Å². The lowest BCUT2D eigenvalue weighted by molar-refractivity contribution is 0.271. The molecule has 1 fully saturated rings. The van der Waals surface area contributed by atoms with Gasteiger partial charge in [0.1, 0.15) is 0 Å². The van der Waals surface area contributed by atoms with E-state index in [1.54, 1.807) is 0 Å². The normalized spacial score (nSPS) is 30.4. The van der Waals surface area contributed by atoms with E-state index < -0.39 is 0 Å². The van der Waals surface area contributed by atoms with Gasteiger partial charge in [-0.2, -0.15) is 0 Å². The van der Waals surface area contributed by atoms with Gasteiger partial charge in [-0.25, -0.2) is 0 Å². The minimum Gasteiger partial charge on any atom is -0.330 e. The second-order valence-electron chi connectivity index (χ2n) is 3.64. The number of nitrogens with two attached hydrogens (primary N) is 1. The molecule has 1 rings (SSSR count). The number of terminal acetylenes is 1. The summed E-state index contributed by atoms with van der Waals surface area (Å²) in [5.41, 5.74) is 5.62. The van der Waals surface area contributed by atoms with Crippen molar-refractivity contribution >= 4 is 0 Å². The summed E-state index contributed by atoms with van der Waals surface area (Å²) in [5.74, 6) is 3.37. The third-order valence-corrected chi connectivity index (χ3v) is 2.67. The first kappa shape index (κ1) is 9.57. The second-order valence-corrected chi connectivity index (χ2v) is 3.64. The Kier molecular flexibility index (Phi) is 3.58. The molecule has 0 amide bonds. The van der Waals surface area contributed by atoms with Gasteiger partial charge in [0.2, 0.25) is 0 Å². The molecule has 0 aromatic heterocycles. The number of likely N-dealkylation sites (tertiary alicyclic amines) is 1. The molecule has 12 heavy (non-hydrogen) atoms. The number of rotatable bonds is 3. The van der Waals surface area contributed by atoms with Crippen molar-refractivity contribution in [2.24, 2.45) is 11.7 Å². The maximum Gasteiger partial charge on any atom is 0.0214 e. The monoisotopic (exact) mass is 166 g/mol. The van der Waals surface area contributed by atoms with Crippen LogP contribution < -0.4 is 5.73 Å². The van der Waals surface area contributed by atoms with Crippen molar-refractivity contribution in [3.63, 3.8) is 0 Å². The third-order valence-electron chi connectivity index (χ3n) is 2.67. The van der Waals surface area contributed by atoms with Crippen LogP contribution >= 0.6 is 0 Å². The van der Waals surface area contributed by atoms with Gasteiger partial charge in [-0.3, -0.25) is 4.90 Å². The van der Waals surface area contributed by atoms with Crippen molar-refractivity contribution in [2.45, 2.75) is 25.8 Å². The highest BCUT2D eigenvalue weighted by molar-refractivity contribution is 4.89. The molecule has 2 nitrogen and oxygen atoms in total. The van der Waals surface area contributed by atoms with Gasteiger partial charge in [-0.05, 0) is 25.8 Å². The van der Waals surface area contributed by atoms with Crippen LogP contribution in [0.2, 0.25) is 0 Å². The lowest BCUT2D eigenvalue weighted by atomic mass is 10.1. The largest absolute Gasteiger partial charge is 0.330 e. The van der Waals surface area contributed by atoms with Crippen molar-refractivity contribution in [1.29, 1.82) is 0 Å². The van der Waals surface area contributed by atoms with E-state index in [9.17, 15) is 0 Å². The standard InChI is InChI=1S/C10H18N2/c1-3-4-5-12-8-10(7-11)6-9(12)2/h1,9-10H,4-8,11H2,2H3. The summed E-state index contributed by atoms with van der Waals surface area (Å²) in [6, 6.07) is 0.673. The first-order valence-electron chi connectivity index (χ1n) is 4.65. The minimum absolute atomic E-state index is 0.673. The Morgan fingerprint density at radius 2 is 2.42 bits per heavy atom. The Labute approximate surface area is 75.1 Å². The predicted octanol–water partition coefficient (Wildman–Crippen LogP) is 0.679. The fourth-order valence-electron chi connectivity index (χ4n) is 1.91. The molecule has 1 aliphatic rings. The molecule has 1 saturated heterocycles. The molecule has 0 radical (unpaired) electrons. The Morgan fingerprint density at radius 3 is 2.92 bits per heavy atom. The van der Waals surface area contributed by atoms with Gasteiger partial charge in [0.25, 0.3) is 0 Å². The molecule has 1 aliphatic heterocycles. The smallest absolute Gasteiger partial charge is 0.0214 e. The zero-order valence-electron chi connectivity index (χ0n) is 7.79. The van der Waals surface area contributed by atoms with E-state index in [0.29, 0.717) is 12.0 Å². The molecule has 0 saturated carbocycles. The SMILES string of the molecule is C#CCCN1CC(CN)CC1C. The highest BCUT2D eigenvalue weighted by atomic mass is 15.2. The minimum atomic E-state index is 0.673. The van der Waals surface area contributed by atoms with Crippen LogP contribution in [0.1, 0.15) is 19.8 Å². The van der Waals surface area contributed by atoms with Crippen LogP contribution in [-0.2, 0) is 0 Å². The summed E-state index contributed by atoms with van der Waals surface area (Å²) in [6.07, 6.45) is 7.32. The van der Waals surface area contributed by atoms with Crippen LogP contribution in [-0.4, -0.2) is 30.6 Å². The molecule has 2 N–H and O–H groups in total. The van der Waals surface area contributed by atoms with E-state index in [1.165, 1.54) is 6.42 Å². The zero-order valence-corrected chi connectivity index (χ0v) is 7.79. The van der Waals surface area contributed by atoms with Crippen LogP contribution in [0.5, 0.6) is 0 Å². The average molecular weight is 166 g/mol. The van der Waals surface area contributed by atoms with Crippen molar-refractivity contribution in [1.82, 2.24) is 4.90 Å². The number of nitrogens with zero attached hydrogens (tertiary/aromatic N) is 1. The second kappa shape index (κ2) is 4.49. The van der Waals surface area contributed by atoms with E-state index >= 15 is 0 Å². The van der Waals surface area contributed by atoms with Crippen LogP contribution in [0, 0.1) is 18.3 Å². The zero-order chi connectivity index (χ0) is 8.97. The van der Waals surface area contributed by atoms with E-state index in [1.807, 2.05) is 0 Å². The van der Waals surface area contributed by atoms with E-state index in [-0.39, 0.29) is 0 Å². The third kappa shape index (κ3) is 2.23. The Hall–Kier alpha value is -0.520. The fraction of sp³-hybridized carbons (Fsp3) is 0.800. The van der Waals surface area contributed by atoms with Gasteiger partial charge in [-0.15, -0.1) is 12.3 Å².